The minimum atomic E-state index is 0.796. The molecule has 0 bridgehead atoms. The largest absolute Gasteiger partial charge is 0.438 e. The zero-order valence-corrected chi connectivity index (χ0v) is 15.4. The molecule has 26 heavy (non-hydrogen) atoms. The Bertz CT molecular complexity index is 958. The molecule has 0 saturated heterocycles. The normalized spacial score (nSPS) is 14.6. The third kappa shape index (κ3) is 2.77. The Kier molecular flexibility index (Phi) is 4.25. The molecule has 4 heteroatoms. The number of rotatable bonds is 4. The molecule has 2 heterocycles. The van der Waals surface area contributed by atoms with Crippen LogP contribution in [-0.4, -0.2) is 6.54 Å². The van der Waals surface area contributed by atoms with Crippen molar-refractivity contribution in [1.82, 2.24) is 0 Å². The van der Waals surface area contributed by atoms with Crippen LogP contribution in [0.4, 0.5) is 5.69 Å². The Hall–Kier alpha value is -3.01. The van der Waals surface area contributed by atoms with Crippen LogP contribution in [0.25, 0.3) is 17.2 Å². The summed E-state index contributed by atoms with van der Waals surface area (Å²) in [6, 6.07) is 16.7. The SMILES string of the molecule is CCN1C(=Cc2occ(C)[n+]2CC)Oc2ccc(-c3ccccc3)cc21. The van der Waals surface area contributed by atoms with E-state index in [1.54, 1.807) is 6.26 Å². The van der Waals surface area contributed by atoms with Gasteiger partial charge in [-0.15, -0.1) is 0 Å². The van der Waals surface area contributed by atoms with Crippen molar-refractivity contribution >= 4 is 11.8 Å². The number of fused-ring (bicyclic) bond motifs is 1. The summed E-state index contributed by atoms with van der Waals surface area (Å²) in [5, 5.41) is 0. The van der Waals surface area contributed by atoms with E-state index in [1.165, 1.54) is 11.1 Å². The van der Waals surface area contributed by atoms with Crippen molar-refractivity contribution < 1.29 is 13.7 Å². The van der Waals surface area contributed by atoms with Gasteiger partial charge in [-0.3, -0.25) is 0 Å². The van der Waals surface area contributed by atoms with E-state index < -0.39 is 0 Å². The van der Waals surface area contributed by atoms with Gasteiger partial charge >= 0.3 is 5.89 Å². The van der Waals surface area contributed by atoms with Crippen molar-refractivity contribution in [3.8, 4) is 16.9 Å². The van der Waals surface area contributed by atoms with Crippen LogP contribution in [0.2, 0.25) is 0 Å². The molecule has 3 aromatic rings. The van der Waals surface area contributed by atoms with Crippen LogP contribution in [0.5, 0.6) is 5.75 Å². The van der Waals surface area contributed by atoms with E-state index in [-0.39, 0.29) is 0 Å². The summed E-state index contributed by atoms with van der Waals surface area (Å²) < 4.78 is 14.0. The first-order chi connectivity index (χ1) is 12.7. The van der Waals surface area contributed by atoms with E-state index in [0.717, 1.165) is 42.0 Å². The van der Waals surface area contributed by atoms with Gasteiger partial charge in [-0.25, -0.2) is 0 Å². The maximum atomic E-state index is 6.13. The van der Waals surface area contributed by atoms with Gasteiger partial charge in [0.15, 0.2) is 12.0 Å². The highest BCUT2D eigenvalue weighted by molar-refractivity contribution is 5.77. The summed E-state index contributed by atoms with van der Waals surface area (Å²) in [5.41, 5.74) is 4.58. The molecule has 1 aromatic heterocycles. The van der Waals surface area contributed by atoms with Crippen molar-refractivity contribution in [1.29, 1.82) is 0 Å². The van der Waals surface area contributed by atoms with Gasteiger partial charge in [0.25, 0.3) is 0 Å². The highest BCUT2D eigenvalue weighted by atomic mass is 16.5. The van der Waals surface area contributed by atoms with Crippen molar-refractivity contribution in [3.05, 3.63) is 72.3 Å². The van der Waals surface area contributed by atoms with Crippen molar-refractivity contribution in [3.63, 3.8) is 0 Å². The van der Waals surface area contributed by atoms with Gasteiger partial charge < -0.3 is 14.1 Å². The van der Waals surface area contributed by atoms with E-state index in [0.29, 0.717) is 0 Å². The lowest BCUT2D eigenvalue weighted by Gasteiger charge is -2.15. The van der Waals surface area contributed by atoms with E-state index in [1.807, 2.05) is 25.1 Å². The zero-order valence-electron chi connectivity index (χ0n) is 15.4. The number of ether oxygens (including phenoxy) is 1. The Balaban J connectivity index is 1.73. The fourth-order valence-electron chi connectivity index (χ4n) is 3.41. The topological polar surface area (TPSA) is 29.5 Å². The number of anilines is 1. The molecule has 1 aliphatic heterocycles. The van der Waals surface area contributed by atoms with Crippen LogP contribution in [0.1, 0.15) is 25.4 Å². The molecular formula is C22H23N2O2+. The maximum Gasteiger partial charge on any atom is 0.378 e. The molecule has 1 aliphatic rings. The van der Waals surface area contributed by atoms with Gasteiger partial charge in [-0.2, -0.15) is 4.57 Å². The standard InChI is InChI=1S/C22H23N2O2/c1-4-23-16(3)15-25-21(23)14-22-24(5-2)19-13-18(11-12-20(19)26-22)17-9-7-6-8-10-17/h6-15H,4-5H2,1-3H3/q+1. The Morgan fingerprint density at radius 3 is 2.58 bits per heavy atom. The minimum absolute atomic E-state index is 0.796. The monoisotopic (exact) mass is 347 g/mol. The van der Waals surface area contributed by atoms with Crippen LogP contribution in [0.3, 0.4) is 0 Å². The van der Waals surface area contributed by atoms with Crippen LogP contribution in [-0.2, 0) is 6.54 Å². The van der Waals surface area contributed by atoms with E-state index >= 15 is 0 Å². The molecule has 0 radical (unpaired) electrons. The summed E-state index contributed by atoms with van der Waals surface area (Å²) in [6.07, 6.45) is 3.75. The van der Waals surface area contributed by atoms with Crippen molar-refractivity contribution in [2.75, 3.05) is 11.4 Å². The van der Waals surface area contributed by atoms with E-state index in [2.05, 4.69) is 59.7 Å². The lowest BCUT2D eigenvalue weighted by Crippen LogP contribution is -2.36. The molecule has 0 saturated carbocycles. The van der Waals surface area contributed by atoms with E-state index in [4.69, 9.17) is 9.15 Å². The van der Waals surface area contributed by atoms with Gasteiger partial charge in [0.05, 0.1) is 5.69 Å². The second-order valence-electron chi connectivity index (χ2n) is 6.34. The average molecular weight is 347 g/mol. The first-order valence-corrected chi connectivity index (χ1v) is 9.05. The fraction of sp³-hybridized carbons (Fsp3) is 0.227. The number of nitrogens with zero attached hydrogens (tertiary/aromatic N) is 2. The van der Waals surface area contributed by atoms with Gasteiger partial charge in [0.1, 0.15) is 12.6 Å². The minimum Gasteiger partial charge on any atom is -0.438 e. The van der Waals surface area contributed by atoms with Crippen LogP contribution in [0, 0.1) is 6.92 Å². The number of aryl methyl sites for hydroxylation is 1. The second-order valence-corrected chi connectivity index (χ2v) is 6.34. The molecule has 0 amide bonds. The molecule has 2 aromatic carbocycles. The van der Waals surface area contributed by atoms with E-state index in [9.17, 15) is 0 Å². The summed E-state index contributed by atoms with van der Waals surface area (Å²) in [6.45, 7) is 7.96. The zero-order chi connectivity index (χ0) is 18.1. The van der Waals surface area contributed by atoms with Crippen molar-refractivity contribution in [2.45, 2.75) is 27.3 Å². The van der Waals surface area contributed by atoms with Gasteiger partial charge in [-0.1, -0.05) is 36.4 Å². The molecule has 0 unspecified atom stereocenters. The Morgan fingerprint density at radius 1 is 1.04 bits per heavy atom. The van der Waals surface area contributed by atoms with Gasteiger partial charge in [0.2, 0.25) is 11.6 Å². The summed E-state index contributed by atoms with van der Waals surface area (Å²) in [7, 11) is 0. The molecule has 4 nitrogen and oxygen atoms in total. The maximum absolute atomic E-state index is 6.13. The molecule has 0 atom stereocenters. The molecule has 132 valence electrons. The first-order valence-electron chi connectivity index (χ1n) is 9.05. The molecular weight excluding hydrogens is 324 g/mol. The predicted molar refractivity (Wildman–Crippen MR) is 103 cm³/mol. The fourth-order valence-corrected chi connectivity index (χ4v) is 3.41. The summed E-state index contributed by atoms with van der Waals surface area (Å²) >= 11 is 0. The highest BCUT2D eigenvalue weighted by Crippen LogP contribution is 2.41. The lowest BCUT2D eigenvalue weighted by molar-refractivity contribution is -0.703. The van der Waals surface area contributed by atoms with Crippen LogP contribution >= 0.6 is 0 Å². The second kappa shape index (κ2) is 6.71. The third-order valence-electron chi connectivity index (χ3n) is 4.76. The third-order valence-corrected chi connectivity index (χ3v) is 4.76. The molecule has 0 fully saturated rings. The quantitative estimate of drug-likeness (QED) is 0.636. The number of aromatic nitrogens is 1. The highest BCUT2D eigenvalue weighted by Gasteiger charge is 2.28. The summed E-state index contributed by atoms with van der Waals surface area (Å²) in [4.78, 5) is 2.18. The first kappa shape index (κ1) is 16.5. The molecule has 0 spiro atoms. The molecule has 0 aliphatic carbocycles. The lowest BCUT2D eigenvalue weighted by atomic mass is 10.0. The number of oxazole rings is 1. The Morgan fingerprint density at radius 2 is 1.85 bits per heavy atom. The molecule has 0 N–H and O–H groups in total. The molecule has 4 rings (SSSR count). The Labute approximate surface area is 154 Å². The van der Waals surface area contributed by atoms with Crippen molar-refractivity contribution in [2.24, 2.45) is 0 Å². The van der Waals surface area contributed by atoms with Crippen LogP contribution in [0.15, 0.2) is 65.1 Å². The van der Waals surface area contributed by atoms with Crippen LogP contribution < -0.4 is 14.2 Å². The number of hydrogen-bond donors (Lipinski definition) is 0. The van der Waals surface area contributed by atoms with Gasteiger partial charge in [-0.05, 0) is 37.1 Å². The van der Waals surface area contributed by atoms with Gasteiger partial charge in [0, 0.05) is 13.5 Å². The smallest absolute Gasteiger partial charge is 0.378 e. The summed E-state index contributed by atoms with van der Waals surface area (Å²) in [5.74, 6) is 2.47. The number of hydrogen-bond acceptors (Lipinski definition) is 3. The average Bonchev–Trinajstić information content (AvgIpc) is 3.21. The predicted octanol–water partition coefficient (Wildman–Crippen LogP) is 4.78. The number of benzene rings is 2.